The number of hydrogen-bond donors (Lipinski definition) is 1. The van der Waals surface area contributed by atoms with Gasteiger partial charge in [-0.05, 0) is 84.9 Å². The van der Waals surface area contributed by atoms with E-state index >= 15 is 0 Å². The summed E-state index contributed by atoms with van der Waals surface area (Å²) in [5, 5.41) is 2.11. The van der Waals surface area contributed by atoms with Crippen LogP contribution in [-0.4, -0.2) is 25.8 Å². The van der Waals surface area contributed by atoms with Gasteiger partial charge in [-0.15, -0.1) is 0 Å². The van der Waals surface area contributed by atoms with Crippen LogP contribution in [0.1, 0.15) is 25.3 Å². The van der Waals surface area contributed by atoms with Crippen molar-refractivity contribution in [1.82, 2.24) is 9.73 Å². The standard InChI is InChI=1S/C32H30ClF2N3O2S/c1-21-27-19-36-38(26-14-12-25(34)13-15-26)30(27)18-23-10-11-24(32(21)23)20-37(17-16-22-6-2-4-8-29(22)35)41(39,40)31-9-5-3-7-28(31)33/h2-9,12-15,18-19,21,24,36H,10-11,16-17,20H2,1H3/t21-,24+/m0/s1. The second-order valence-corrected chi connectivity index (χ2v) is 13.0. The van der Waals surface area contributed by atoms with Crippen molar-refractivity contribution in [1.29, 1.82) is 0 Å². The van der Waals surface area contributed by atoms with Gasteiger partial charge in [-0.25, -0.2) is 17.2 Å². The maximum atomic E-state index is 14.5. The number of fused-ring (bicyclic) bond motifs is 1. The van der Waals surface area contributed by atoms with E-state index in [1.807, 2.05) is 11.2 Å². The highest BCUT2D eigenvalue weighted by Crippen LogP contribution is 2.48. The van der Waals surface area contributed by atoms with Gasteiger partial charge in [0.25, 0.3) is 0 Å². The first-order valence-corrected chi connectivity index (χ1v) is 15.5. The van der Waals surface area contributed by atoms with Gasteiger partial charge in [0, 0.05) is 30.8 Å². The van der Waals surface area contributed by atoms with Gasteiger partial charge >= 0.3 is 0 Å². The summed E-state index contributed by atoms with van der Waals surface area (Å²) in [7, 11) is -3.95. The van der Waals surface area contributed by atoms with Gasteiger partial charge in [0.15, 0.2) is 0 Å². The molecule has 1 N–H and O–H groups in total. The van der Waals surface area contributed by atoms with Crippen LogP contribution in [0.4, 0.5) is 14.5 Å². The van der Waals surface area contributed by atoms with Gasteiger partial charge in [-0.2, -0.15) is 4.31 Å². The van der Waals surface area contributed by atoms with Crippen LogP contribution in [0.2, 0.25) is 5.02 Å². The van der Waals surface area contributed by atoms with Crippen LogP contribution < -0.4 is 10.4 Å². The Labute approximate surface area is 244 Å². The van der Waals surface area contributed by atoms with Crippen LogP contribution >= 0.6 is 11.6 Å². The molecule has 0 fully saturated rings. The lowest BCUT2D eigenvalue weighted by molar-refractivity contribution is 0.356. The summed E-state index contributed by atoms with van der Waals surface area (Å²) in [6.45, 7) is 2.55. The Morgan fingerprint density at radius 2 is 1.76 bits per heavy atom. The van der Waals surface area contributed by atoms with Crippen molar-refractivity contribution >= 4 is 27.3 Å². The number of nitrogens with zero attached hydrogens (tertiary/aromatic N) is 2. The average Bonchev–Trinajstić information content (AvgIpc) is 3.57. The zero-order valence-corrected chi connectivity index (χ0v) is 24.1. The second-order valence-electron chi connectivity index (χ2n) is 10.6. The maximum Gasteiger partial charge on any atom is 0.244 e. The van der Waals surface area contributed by atoms with Gasteiger partial charge in [0.05, 0.1) is 16.4 Å². The van der Waals surface area contributed by atoms with E-state index in [1.165, 1.54) is 39.7 Å². The van der Waals surface area contributed by atoms with Gasteiger partial charge in [-0.3, -0.25) is 5.01 Å². The van der Waals surface area contributed by atoms with Crippen molar-refractivity contribution in [3.05, 3.63) is 130 Å². The van der Waals surface area contributed by atoms with E-state index in [-0.39, 0.29) is 52.9 Å². The zero-order chi connectivity index (χ0) is 28.7. The molecule has 0 unspecified atom stereocenters. The Morgan fingerprint density at radius 3 is 2.51 bits per heavy atom. The largest absolute Gasteiger partial charge is 0.301 e. The fraction of sp³-hybridized carbons (Fsp3) is 0.250. The predicted octanol–water partition coefficient (Wildman–Crippen LogP) is 7.00. The van der Waals surface area contributed by atoms with Crippen molar-refractivity contribution in [3.8, 4) is 0 Å². The lowest BCUT2D eigenvalue weighted by atomic mass is 9.80. The number of anilines is 1. The molecule has 0 bridgehead atoms. The molecule has 5 nitrogen and oxygen atoms in total. The van der Waals surface area contributed by atoms with Crippen LogP contribution in [0.5, 0.6) is 0 Å². The molecule has 0 amide bonds. The first-order valence-electron chi connectivity index (χ1n) is 13.7. The van der Waals surface area contributed by atoms with Crippen LogP contribution in [0, 0.1) is 23.5 Å². The molecule has 0 spiro atoms. The minimum atomic E-state index is -3.95. The van der Waals surface area contributed by atoms with Crippen molar-refractivity contribution in [3.63, 3.8) is 0 Å². The minimum Gasteiger partial charge on any atom is -0.301 e. The molecular weight excluding hydrogens is 564 g/mol. The molecule has 3 aromatic carbocycles. The Balaban J connectivity index is 1.31. The highest BCUT2D eigenvalue weighted by atomic mass is 35.5. The summed E-state index contributed by atoms with van der Waals surface area (Å²) in [6, 6.07) is 19.3. The number of nitrogens with one attached hydrogen (secondary N) is 1. The summed E-state index contributed by atoms with van der Waals surface area (Å²) < 4.78 is 57.4. The smallest absolute Gasteiger partial charge is 0.244 e. The molecule has 212 valence electrons. The molecule has 1 heterocycles. The first-order chi connectivity index (χ1) is 19.7. The topological polar surface area (TPSA) is 52.6 Å². The van der Waals surface area contributed by atoms with Crippen LogP contribution in [-0.2, 0) is 16.4 Å². The van der Waals surface area contributed by atoms with Crippen molar-refractivity contribution in [2.24, 2.45) is 11.8 Å². The molecule has 3 aliphatic rings. The third-order valence-corrected chi connectivity index (χ3v) is 10.6. The Hall–Kier alpha value is -3.46. The third kappa shape index (κ3) is 5.20. The average molecular weight is 594 g/mol. The lowest BCUT2D eigenvalue weighted by Crippen LogP contribution is -2.38. The van der Waals surface area contributed by atoms with E-state index in [0.29, 0.717) is 5.56 Å². The maximum absolute atomic E-state index is 14.5. The molecule has 0 saturated carbocycles. The molecule has 0 aromatic heterocycles. The quantitative estimate of drug-likeness (QED) is 0.306. The molecular formula is C32H30ClF2N3O2S. The van der Waals surface area contributed by atoms with Gasteiger partial charge in [0.1, 0.15) is 16.5 Å². The normalized spacial score (nSPS) is 20.1. The van der Waals surface area contributed by atoms with E-state index in [1.54, 1.807) is 48.5 Å². The summed E-state index contributed by atoms with van der Waals surface area (Å²) >= 11 is 6.36. The fourth-order valence-electron chi connectivity index (χ4n) is 6.20. The number of sulfonamides is 1. The van der Waals surface area contributed by atoms with E-state index in [4.69, 9.17) is 11.6 Å². The fourth-order valence-corrected chi connectivity index (χ4v) is 8.18. The molecule has 41 heavy (non-hydrogen) atoms. The summed E-state index contributed by atoms with van der Waals surface area (Å²) in [5.74, 6) is -0.580. The molecule has 9 heteroatoms. The molecule has 2 atom stereocenters. The second kappa shape index (κ2) is 11.1. The highest BCUT2D eigenvalue weighted by Gasteiger charge is 2.40. The van der Waals surface area contributed by atoms with Crippen molar-refractivity contribution in [2.75, 3.05) is 18.1 Å². The summed E-state index contributed by atoms with van der Waals surface area (Å²) in [4.78, 5) is 0.0546. The van der Waals surface area contributed by atoms with Crippen LogP contribution in [0.3, 0.4) is 0 Å². The number of hydrogen-bond acceptors (Lipinski definition) is 4. The van der Waals surface area contributed by atoms with E-state index in [2.05, 4.69) is 18.4 Å². The Bertz CT molecular complexity index is 1680. The van der Waals surface area contributed by atoms with Crippen LogP contribution in [0.25, 0.3) is 0 Å². The molecule has 2 aliphatic carbocycles. The van der Waals surface area contributed by atoms with Gasteiger partial charge < -0.3 is 5.43 Å². The number of allylic oxidation sites excluding steroid dienone is 3. The molecule has 1 aliphatic heterocycles. The monoisotopic (exact) mass is 593 g/mol. The van der Waals surface area contributed by atoms with E-state index in [0.717, 1.165) is 29.8 Å². The lowest BCUT2D eigenvalue weighted by Gasteiger charge is -2.32. The summed E-state index contributed by atoms with van der Waals surface area (Å²) in [6.07, 6.45) is 6.01. The molecule has 0 radical (unpaired) electrons. The highest BCUT2D eigenvalue weighted by molar-refractivity contribution is 7.89. The predicted molar refractivity (Wildman–Crippen MR) is 157 cm³/mol. The van der Waals surface area contributed by atoms with Crippen molar-refractivity contribution < 1.29 is 17.2 Å². The molecule has 0 saturated heterocycles. The molecule has 3 aromatic rings. The van der Waals surface area contributed by atoms with Gasteiger partial charge in [-0.1, -0.05) is 54.4 Å². The minimum absolute atomic E-state index is 0.00328. The number of halogens is 3. The Morgan fingerprint density at radius 1 is 1.02 bits per heavy atom. The van der Waals surface area contributed by atoms with Crippen LogP contribution in [0.15, 0.2) is 112 Å². The van der Waals surface area contributed by atoms with Gasteiger partial charge in [0.2, 0.25) is 10.0 Å². The summed E-state index contributed by atoms with van der Waals surface area (Å²) in [5.41, 5.74) is 9.16. The van der Waals surface area contributed by atoms with Crippen molar-refractivity contribution in [2.45, 2.75) is 31.1 Å². The number of benzene rings is 3. The SMILES string of the molecule is C[C@H]1C2=CNN(c3ccc(F)cc3)C2=CC2=C1[C@@H](CN(CCc1ccccc1F)S(=O)(=O)c1ccccc1Cl)CC2. The van der Waals surface area contributed by atoms with E-state index < -0.39 is 10.0 Å². The number of rotatable bonds is 8. The molecule has 6 rings (SSSR count). The number of hydrazine groups is 1. The third-order valence-electron chi connectivity index (χ3n) is 8.25. The van der Waals surface area contributed by atoms with E-state index in [9.17, 15) is 17.2 Å². The first kappa shape index (κ1) is 27.7. The Kier molecular flexibility index (Phi) is 7.49. The zero-order valence-electron chi connectivity index (χ0n) is 22.5.